The Morgan fingerprint density at radius 3 is 1.18 bits per heavy atom. The number of benzene rings is 3. The Balaban J connectivity index is 0.000000187. The van der Waals surface area contributed by atoms with Crippen LogP contribution in [0.25, 0.3) is 33.8 Å². The average Bonchev–Trinajstić information content (AvgIpc) is 1.54. The number of carbonyl (C=O) groups is 6. The number of carboxylic acid groups (broad SMARTS) is 1. The van der Waals surface area contributed by atoms with Gasteiger partial charge in [-0.2, -0.15) is 46.4 Å². The molecular weight excluding hydrogens is 1450 g/mol. The van der Waals surface area contributed by atoms with Gasteiger partial charge in [-0.25, -0.2) is 23.6 Å². The van der Waals surface area contributed by atoms with E-state index in [1.54, 1.807) is 100 Å². The van der Waals surface area contributed by atoms with Gasteiger partial charge in [0.2, 0.25) is 0 Å². The van der Waals surface area contributed by atoms with E-state index in [1.165, 1.54) is 6.92 Å². The first-order valence-corrected chi connectivity index (χ1v) is 36.2. The van der Waals surface area contributed by atoms with Crippen LogP contribution in [0.15, 0.2) is 110 Å². The largest absolute Gasteiger partial charge is 0.472 e. The number of primary amides is 3. The van der Waals surface area contributed by atoms with Crippen molar-refractivity contribution in [3.05, 3.63) is 160 Å². The molecule has 114 heavy (non-hydrogen) atoms. The van der Waals surface area contributed by atoms with E-state index in [1.807, 2.05) is 81.3 Å². The van der Waals surface area contributed by atoms with Gasteiger partial charge in [0.1, 0.15) is 56.8 Å². The number of likely N-dealkylation sites (tertiary alicyclic amines) is 2. The standard InChI is InChI=1S/C27H32N8O3.C26H26N8O2.C22H24N8O.C4H4O2.3CH4/c1-26(2,3)38-25(37)33-9-8-27(16-33)10-20(11-27)35-23(29)21(24(30)36)22(32-35)19-13-31-34(15-19)14-18-7-5-4-6-17(18)12-28;1-2-5-21(35)32-9-8-26(16-32)10-20(11-26)34-24(28)22(25(29)36)23(31-34)19-13-30-33(15-19)14-18-7-4-3-6-17(18)12-27;23-9-14-3-1-2-4-15(14)11-29-12-16(10-27-29)19-18(21(25)31)20(24)30(28-19)17-7-22(8-17)5-6-26-13-22;1-2-3-4(5)6;;;/h4-7,13,15,20H,8-11,14,16,29H2,1-3H3,(H2,30,36);3-4,6-7,13,15,20H,8-11,14,16,28H2,1H3,(H2,29,36);1-4,10,12,17,26H,5-8,11,13,24H2,(H2,25,31);1H3,(H,5,6);3*1H4. The maximum atomic E-state index is 12.5. The molecule has 9 heterocycles. The summed E-state index contributed by atoms with van der Waals surface area (Å²) >= 11 is 0. The lowest BCUT2D eigenvalue weighted by atomic mass is 9.65. The maximum Gasteiger partial charge on any atom is 0.410 e. The Labute approximate surface area is 661 Å². The molecule has 32 heteroatoms. The van der Waals surface area contributed by atoms with Gasteiger partial charge < -0.3 is 59.4 Å². The van der Waals surface area contributed by atoms with E-state index in [0.29, 0.717) is 108 Å². The highest BCUT2D eigenvalue weighted by atomic mass is 16.6. The smallest absolute Gasteiger partial charge is 0.410 e. The van der Waals surface area contributed by atoms with Crippen LogP contribution in [-0.2, 0) is 34.0 Å². The van der Waals surface area contributed by atoms with Gasteiger partial charge in [0.25, 0.3) is 23.6 Å². The number of hydrogen-bond donors (Lipinski definition) is 8. The van der Waals surface area contributed by atoms with Crippen molar-refractivity contribution in [2.24, 2.45) is 33.4 Å². The first-order valence-electron chi connectivity index (χ1n) is 36.2. The van der Waals surface area contributed by atoms with Crippen LogP contribution in [0.5, 0.6) is 0 Å². The molecule has 6 fully saturated rings. The Morgan fingerprint density at radius 1 is 0.526 bits per heavy atom. The Bertz CT molecular complexity index is 5360. The second-order valence-electron chi connectivity index (χ2n) is 30.1. The summed E-state index contributed by atoms with van der Waals surface area (Å²) in [7, 11) is 0. The molecule has 594 valence electrons. The molecule has 3 saturated carbocycles. The first kappa shape index (κ1) is 84.5. The van der Waals surface area contributed by atoms with Crippen LogP contribution >= 0.6 is 0 Å². The van der Waals surface area contributed by atoms with Crippen LogP contribution < -0.4 is 39.7 Å². The van der Waals surface area contributed by atoms with Crippen molar-refractivity contribution in [1.29, 1.82) is 15.8 Å². The van der Waals surface area contributed by atoms with Crippen molar-refractivity contribution in [3.63, 3.8) is 0 Å². The predicted molar refractivity (Wildman–Crippen MR) is 428 cm³/mol. The topological polar surface area (TPSA) is 485 Å². The number of amides is 5. The Morgan fingerprint density at radius 2 is 0.868 bits per heavy atom. The summed E-state index contributed by atoms with van der Waals surface area (Å²) in [6, 6.07) is 28.8. The van der Waals surface area contributed by atoms with E-state index in [-0.39, 0.29) is 91.6 Å². The number of carbonyl (C=O) groups excluding carboxylic acids is 5. The molecule has 0 bridgehead atoms. The highest BCUT2D eigenvalue weighted by Crippen LogP contribution is 2.57. The lowest BCUT2D eigenvalue weighted by Gasteiger charge is -2.45. The zero-order valence-electron chi connectivity index (χ0n) is 62.2. The summed E-state index contributed by atoms with van der Waals surface area (Å²) in [6.45, 7) is 14.7. The summed E-state index contributed by atoms with van der Waals surface area (Å²) < 4.78 is 15.8. The molecule has 3 aromatic carbocycles. The van der Waals surface area contributed by atoms with E-state index < -0.39 is 29.3 Å². The van der Waals surface area contributed by atoms with Crippen LogP contribution in [-0.4, -0.2) is 154 Å². The molecule has 5 amide bonds. The number of nitrogen functional groups attached to an aromatic ring is 3. The molecule has 15 rings (SSSR count). The fourth-order valence-electron chi connectivity index (χ4n) is 16.0. The molecule has 14 N–H and O–H groups in total. The van der Waals surface area contributed by atoms with Gasteiger partial charge in [0.05, 0.1) is 91.2 Å². The number of rotatable bonds is 15. The van der Waals surface area contributed by atoms with E-state index in [9.17, 15) is 44.6 Å². The number of carboxylic acids is 1. The minimum atomic E-state index is -1.07. The van der Waals surface area contributed by atoms with Crippen molar-refractivity contribution in [1.82, 2.24) is 73.8 Å². The van der Waals surface area contributed by atoms with E-state index in [0.717, 1.165) is 87.6 Å². The van der Waals surface area contributed by atoms with Gasteiger partial charge >= 0.3 is 12.1 Å². The van der Waals surface area contributed by atoms with Crippen LogP contribution in [0.2, 0.25) is 0 Å². The fourth-order valence-corrected chi connectivity index (χ4v) is 16.0. The van der Waals surface area contributed by atoms with Crippen molar-refractivity contribution < 1.29 is 38.6 Å². The molecule has 3 saturated heterocycles. The summed E-state index contributed by atoms with van der Waals surface area (Å²) in [5.74, 6) is 7.05. The maximum absolute atomic E-state index is 12.5. The SMILES string of the molecule is C.C.C.CC#CC(=O)N1CCC2(CC(n3nc(-c4cnn(Cc5ccccc5C#N)c4)c(C(N)=O)c3N)C2)C1.CC#CC(=O)O.CC(C)(C)OC(=O)N1CCC2(CC(n3nc(-c4cnn(Cc5ccccc5C#N)c4)c(C(N)=O)c3N)C2)C1.N#Cc1ccccc1Cn1cc(-c2nn(C3CC4(CCNC4)C3)c(N)c2C(N)=O)cn1. The predicted octanol–water partition coefficient (Wildman–Crippen LogP) is 8.90. The molecular formula is C82H98N24O8. The Hall–Kier alpha value is -13.5. The zero-order valence-corrected chi connectivity index (χ0v) is 62.2. The van der Waals surface area contributed by atoms with E-state index in [4.69, 9.17) is 59.5 Å². The van der Waals surface area contributed by atoms with Crippen LogP contribution in [0, 0.1) is 73.9 Å². The number of aromatic nitrogens is 12. The highest BCUT2D eigenvalue weighted by Gasteiger charge is 2.53. The second-order valence-corrected chi connectivity index (χ2v) is 30.1. The number of nitrogens with zero attached hydrogens (tertiary/aromatic N) is 17. The lowest BCUT2D eigenvalue weighted by molar-refractivity contribution is -0.130. The third kappa shape index (κ3) is 17.9. The van der Waals surface area contributed by atoms with Crippen molar-refractivity contribution in [3.8, 4) is 75.7 Å². The molecule has 0 radical (unpaired) electrons. The number of nitrogens with one attached hydrogen (secondary N) is 1. The summed E-state index contributed by atoms with van der Waals surface area (Å²) in [4.78, 5) is 74.6. The number of aliphatic carboxylic acids is 1. The second kappa shape index (κ2) is 34.8. The third-order valence-electron chi connectivity index (χ3n) is 21.4. The highest BCUT2D eigenvalue weighted by molar-refractivity contribution is 6.05. The molecule has 3 spiro atoms. The quantitative estimate of drug-likeness (QED) is 0.0444. The van der Waals surface area contributed by atoms with E-state index in [2.05, 4.69) is 56.6 Å². The number of ether oxygens (including phenoxy) is 1. The van der Waals surface area contributed by atoms with Crippen LogP contribution in [0.4, 0.5) is 22.2 Å². The van der Waals surface area contributed by atoms with Gasteiger partial charge in [0.15, 0.2) is 0 Å². The van der Waals surface area contributed by atoms with Gasteiger partial charge in [0, 0.05) is 73.9 Å². The van der Waals surface area contributed by atoms with E-state index >= 15 is 0 Å². The Kier molecular flexibility index (Phi) is 25.8. The number of nitrogens with two attached hydrogens (primary N) is 6. The third-order valence-corrected chi connectivity index (χ3v) is 21.4. The molecule has 32 nitrogen and oxygen atoms in total. The summed E-state index contributed by atoms with van der Waals surface area (Å²) in [6.07, 6.45) is 18.1. The van der Waals surface area contributed by atoms with Gasteiger partial charge in [-0.1, -0.05) is 88.7 Å². The monoisotopic (exact) mass is 1550 g/mol. The zero-order chi connectivity index (χ0) is 79.3. The van der Waals surface area contributed by atoms with Gasteiger partial charge in [-0.3, -0.25) is 33.2 Å². The average molecular weight is 1550 g/mol. The van der Waals surface area contributed by atoms with Crippen LogP contribution in [0.3, 0.4) is 0 Å². The molecule has 0 atom stereocenters. The number of hydrogen-bond acceptors (Lipinski definition) is 20. The first-order chi connectivity index (χ1) is 53.1. The molecule has 6 aromatic heterocycles. The summed E-state index contributed by atoms with van der Waals surface area (Å²) in [5.41, 5.74) is 44.0. The molecule has 3 aliphatic heterocycles. The van der Waals surface area contributed by atoms with Crippen molar-refractivity contribution in [2.75, 3.05) is 56.5 Å². The molecule has 9 aromatic rings. The van der Waals surface area contributed by atoms with Crippen molar-refractivity contribution >= 4 is 53.1 Å². The van der Waals surface area contributed by atoms with Gasteiger partial charge in [-0.15, -0.1) is 0 Å². The number of nitriles is 3. The minimum Gasteiger partial charge on any atom is -0.472 e. The van der Waals surface area contributed by atoms with Gasteiger partial charge in [-0.05, 0) is 156 Å². The minimum absolute atomic E-state index is 0. The van der Waals surface area contributed by atoms with Crippen molar-refractivity contribution in [2.45, 2.75) is 158 Å². The van der Waals surface area contributed by atoms with Crippen LogP contribution in [0.1, 0.15) is 197 Å². The number of anilines is 3. The molecule has 3 aliphatic carbocycles. The molecule has 0 unspecified atom stereocenters. The lowest BCUT2D eigenvalue weighted by Crippen LogP contribution is -2.43. The summed E-state index contributed by atoms with van der Waals surface area (Å²) in [5, 5.41) is 66.5. The molecule has 6 aliphatic rings. The fraction of sp³-hybridized carbons (Fsp3) is 0.402. The normalized spacial score (nSPS) is 19.8.